The molecule has 96 valence electrons. The molecule has 0 aliphatic rings. The molecule has 0 unspecified atom stereocenters. The quantitative estimate of drug-likeness (QED) is 0.753. The molecule has 0 bridgehead atoms. The average molecular weight is 252 g/mol. The van der Waals surface area contributed by atoms with Gasteiger partial charge in [0.2, 0.25) is 0 Å². The summed E-state index contributed by atoms with van der Waals surface area (Å²) >= 11 is 0. The van der Waals surface area contributed by atoms with Crippen molar-refractivity contribution in [1.82, 2.24) is 15.0 Å². The van der Waals surface area contributed by atoms with Crippen molar-refractivity contribution in [2.75, 3.05) is 0 Å². The van der Waals surface area contributed by atoms with Crippen LogP contribution in [0.4, 0.5) is 0 Å². The van der Waals surface area contributed by atoms with Crippen LogP contribution in [-0.2, 0) is 13.0 Å². The van der Waals surface area contributed by atoms with Crippen molar-refractivity contribution in [2.24, 2.45) is 5.73 Å². The molecule has 0 atom stereocenters. The van der Waals surface area contributed by atoms with Crippen LogP contribution >= 0.6 is 0 Å². The molecule has 0 saturated carbocycles. The summed E-state index contributed by atoms with van der Waals surface area (Å²) in [5.41, 5.74) is 11.2. The van der Waals surface area contributed by atoms with Crippen molar-refractivity contribution in [3.63, 3.8) is 0 Å². The van der Waals surface area contributed by atoms with E-state index in [0.29, 0.717) is 6.54 Å². The molecule has 2 heterocycles. The first-order valence-corrected chi connectivity index (χ1v) is 6.43. The number of hydrogen-bond donors (Lipinski definition) is 2. The highest BCUT2D eigenvalue weighted by Gasteiger charge is 2.09. The number of aryl methyl sites for hydroxylation is 1. The maximum Gasteiger partial charge on any atom is 0.141 e. The van der Waals surface area contributed by atoms with Gasteiger partial charge in [0.15, 0.2) is 0 Å². The number of aromatic nitrogens is 3. The first kappa shape index (κ1) is 11.9. The van der Waals surface area contributed by atoms with Gasteiger partial charge < -0.3 is 10.7 Å². The highest BCUT2D eigenvalue weighted by atomic mass is 14.9. The van der Waals surface area contributed by atoms with Crippen molar-refractivity contribution in [3.05, 3.63) is 47.9 Å². The van der Waals surface area contributed by atoms with Gasteiger partial charge in [0.1, 0.15) is 12.0 Å². The van der Waals surface area contributed by atoms with Gasteiger partial charge in [-0.25, -0.2) is 9.97 Å². The van der Waals surface area contributed by atoms with Gasteiger partial charge in [0.05, 0.1) is 5.69 Å². The smallest absolute Gasteiger partial charge is 0.141 e. The molecule has 1 aromatic carbocycles. The van der Waals surface area contributed by atoms with E-state index in [2.05, 4.69) is 40.1 Å². The number of fused-ring (bicyclic) bond motifs is 1. The molecular formula is C15H16N4. The van der Waals surface area contributed by atoms with Gasteiger partial charge in [-0.05, 0) is 29.7 Å². The zero-order valence-corrected chi connectivity index (χ0v) is 10.9. The van der Waals surface area contributed by atoms with Crippen LogP contribution in [0.1, 0.15) is 18.1 Å². The third-order valence-corrected chi connectivity index (χ3v) is 3.43. The Hall–Kier alpha value is -2.20. The van der Waals surface area contributed by atoms with Gasteiger partial charge in [-0.3, -0.25) is 0 Å². The average Bonchev–Trinajstić information content (AvgIpc) is 2.94. The normalized spacial score (nSPS) is 11.1. The van der Waals surface area contributed by atoms with E-state index in [9.17, 15) is 0 Å². The van der Waals surface area contributed by atoms with E-state index in [4.69, 9.17) is 5.73 Å². The van der Waals surface area contributed by atoms with Crippen LogP contribution in [-0.4, -0.2) is 15.0 Å². The van der Waals surface area contributed by atoms with Crippen molar-refractivity contribution in [2.45, 2.75) is 19.9 Å². The molecule has 3 aromatic rings. The molecule has 0 radical (unpaired) electrons. The molecule has 0 saturated heterocycles. The van der Waals surface area contributed by atoms with Gasteiger partial charge in [-0.1, -0.05) is 19.1 Å². The number of aromatic amines is 1. The van der Waals surface area contributed by atoms with Crippen molar-refractivity contribution in [3.8, 4) is 11.3 Å². The van der Waals surface area contributed by atoms with Gasteiger partial charge >= 0.3 is 0 Å². The predicted octanol–water partition coefficient (Wildman–Crippen LogP) is 2.65. The summed E-state index contributed by atoms with van der Waals surface area (Å²) in [6.45, 7) is 2.72. The van der Waals surface area contributed by atoms with E-state index >= 15 is 0 Å². The second-order valence-electron chi connectivity index (χ2n) is 4.50. The summed E-state index contributed by atoms with van der Waals surface area (Å²) < 4.78 is 0. The Labute approximate surface area is 111 Å². The minimum Gasteiger partial charge on any atom is -0.346 e. The van der Waals surface area contributed by atoms with Crippen LogP contribution < -0.4 is 5.73 Å². The summed E-state index contributed by atoms with van der Waals surface area (Å²) in [4.78, 5) is 11.7. The van der Waals surface area contributed by atoms with Gasteiger partial charge in [-0.15, -0.1) is 0 Å². The molecule has 4 nitrogen and oxygen atoms in total. The summed E-state index contributed by atoms with van der Waals surface area (Å²) in [6.07, 6.45) is 4.45. The third-order valence-electron chi connectivity index (χ3n) is 3.43. The van der Waals surface area contributed by atoms with E-state index in [1.165, 1.54) is 11.1 Å². The monoisotopic (exact) mass is 252 g/mol. The van der Waals surface area contributed by atoms with Crippen LogP contribution in [0.5, 0.6) is 0 Å². The Bertz CT molecular complexity index is 715. The molecule has 3 N–H and O–H groups in total. The zero-order chi connectivity index (χ0) is 13.2. The van der Waals surface area contributed by atoms with E-state index in [1.807, 2.05) is 12.3 Å². The first-order valence-electron chi connectivity index (χ1n) is 6.43. The molecule has 0 spiro atoms. The second kappa shape index (κ2) is 4.82. The molecule has 2 aromatic heterocycles. The number of H-pyrrole nitrogens is 1. The summed E-state index contributed by atoms with van der Waals surface area (Å²) in [5.74, 6) is 0. The standard InChI is InChI=1S/C15H16N4/c1-2-10-7-11(3-4-12(10)8-16)14-13-5-6-17-15(13)19-9-18-14/h3-7,9H,2,8,16H2,1H3,(H,17,18,19). The fourth-order valence-corrected chi connectivity index (χ4v) is 2.40. The topological polar surface area (TPSA) is 67.6 Å². The lowest BCUT2D eigenvalue weighted by Gasteiger charge is -2.09. The Balaban J connectivity index is 2.19. The van der Waals surface area contributed by atoms with E-state index in [1.54, 1.807) is 6.33 Å². The highest BCUT2D eigenvalue weighted by molar-refractivity contribution is 5.90. The molecule has 0 fully saturated rings. The van der Waals surface area contributed by atoms with Gasteiger partial charge in [0, 0.05) is 23.7 Å². The highest BCUT2D eigenvalue weighted by Crippen LogP contribution is 2.26. The Kier molecular flexibility index (Phi) is 3.01. The lowest BCUT2D eigenvalue weighted by Crippen LogP contribution is -2.01. The SMILES string of the molecule is CCc1cc(-c2ncnc3[nH]ccc23)ccc1CN. The van der Waals surface area contributed by atoms with Crippen LogP contribution in [0, 0.1) is 0 Å². The number of nitrogens with zero attached hydrogens (tertiary/aromatic N) is 2. The number of benzene rings is 1. The maximum atomic E-state index is 5.76. The Morgan fingerprint density at radius 3 is 2.84 bits per heavy atom. The van der Waals surface area contributed by atoms with Crippen LogP contribution in [0.25, 0.3) is 22.3 Å². The largest absolute Gasteiger partial charge is 0.346 e. The van der Waals surface area contributed by atoms with E-state index < -0.39 is 0 Å². The Morgan fingerprint density at radius 1 is 1.16 bits per heavy atom. The lowest BCUT2D eigenvalue weighted by atomic mass is 9.99. The maximum absolute atomic E-state index is 5.76. The zero-order valence-electron chi connectivity index (χ0n) is 10.9. The number of nitrogens with two attached hydrogens (primary N) is 1. The van der Waals surface area contributed by atoms with Crippen LogP contribution in [0.15, 0.2) is 36.8 Å². The third kappa shape index (κ3) is 2.00. The number of nitrogens with one attached hydrogen (secondary N) is 1. The van der Waals surface area contributed by atoms with E-state index in [0.717, 1.165) is 28.7 Å². The molecule has 0 amide bonds. The number of rotatable bonds is 3. The summed E-state index contributed by atoms with van der Waals surface area (Å²) in [7, 11) is 0. The van der Waals surface area contributed by atoms with Crippen molar-refractivity contribution in [1.29, 1.82) is 0 Å². The Morgan fingerprint density at radius 2 is 2.05 bits per heavy atom. The van der Waals surface area contributed by atoms with E-state index in [-0.39, 0.29) is 0 Å². The lowest BCUT2D eigenvalue weighted by molar-refractivity contribution is 1.00. The van der Waals surface area contributed by atoms with Crippen molar-refractivity contribution < 1.29 is 0 Å². The second-order valence-corrected chi connectivity index (χ2v) is 4.50. The molecule has 0 aliphatic heterocycles. The van der Waals surface area contributed by atoms with Crippen LogP contribution in [0.3, 0.4) is 0 Å². The molecular weight excluding hydrogens is 236 g/mol. The van der Waals surface area contributed by atoms with Crippen LogP contribution in [0.2, 0.25) is 0 Å². The van der Waals surface area contributed by atoms with Gasteiger partial charge in [0.25, 0.3) is 0 Å². The number of hydrogen-bond acceptors (Lipinski definition) is 3. The predicted molar refractivity (Wildman–Crippen MR) is 76.6 cm³/mol. The minimum atomic E-state index is 0.576. The molecule has 19 heavy (non-hydrogen) atoms. The molecule has 0 aliphatic carbocycles. The first-order chi connectivity index (χ1) is 9.33. The summed E-state index contributed by atoms with van der Waals surface area (Å²) in [6, 6.07) is 8.36. The summed E-state index contributed by atoms with van der Waals surface area (Å²) in [5, 5.41) is 1.05. The van der Waals surface area contributed by atoms with Gasteiger partial charge in [-0.2, -0.15) is 0 Å². The fourth-order valence-electron chi connectivity index (χ4n) is 2.40. The van der Waals surface area contributed by atoms with Crippen molar-refractivity contribution >= 4 is 11.0 Å². The fraction of sp³-hybridized carbons (Fsp3) is 0.200. The molecule has 4 heteroatoms. The molecule has 3 rings (SSSR count). The minimum absolute atomic E-state index is 0.576.